The summed E-state index contributed by atoms with van der Waals surface area (Å²) in [6.07, 6.45) is -0.532. The fourth-order valence-electron chi connectivity index (χ4n) is 2.54. The Morgan fingerprint density at radius 3 is 2.43 bits per heavy atom. The molecule has 5 heteroatoms. The van der Waals surface area contributed by atoms with Crippen molar-refractivity contribution in [3.63, 3.8) is 0 Å². The number of aliphatic hydroxyl groups is 1. The second-order valence-electron chi connectivity index (χ2n) is 6.70. The Morgan fingerprint density at radius 1 is 1.38 bits per heavy atom. The van der Waals surface area contributed by atoms with Crippen LogP contribution in [0.15, 0.2) is 10.9 Å². The van der Waals surface area contributed by atoms with E-state index in [1.807, 2.05) is 27.7 Å². The van der Waals surface area contributed by atoms with Crippen molar-refractivity contribution in [3.05, 3.63) is 33.2 Å². The van der Waals surface area contributed by atoms with Gasteiger partial charge in [0.25, 0.3) is 11.5 Å². The normalized spacial score (nSPS) is 13.3. The number of aromatic amines is 1. The van der Waals surface area contributed by atoms with Crippen molar-refractivity contribution in [3.8, 4) is 0 Å². The number of H-pyrrole nitrogens is 1. The zero-order valence-corrected chi connectivity index (χ0v) is 13.7. The van der Waals surface area contributed by atoms with E-state index in [2.05, 4.69) is 10.3 Å². The van der Waals surface area contributed by atoms with E-state index in [9.17, 15) is 14.7 Å². The van der Waals surface area contributed by atoms with E-state index in [0.717, 1.165) is 5.69 Å². The summed E-state index contributed by atoms with van der Waals surface area (Å²) < 4.78 is 0. The van der Waals surface area contributed by atoms with Crippen molar-refractivity contribution < 1.29 is 9.90 Å². The van der Waals surface area contributed by atoms with Crippen LogP contribution in [-0.4, -0.2) is 28.6 Å². The van der Waals surface area contributed by atoms with Crippen LogP contribution in [0.3, 0.4) is 0 Å². The summed E-state index contributed by atoms with van der Waals surface area (Å²) in [4.78, 5) is 26.8. The quantitative estimate of drug-likeness (QED) is 0.774. The SMILES string of the molecule is Cc1cc(C)c(C(=O)NCC(C)(C)C(O)C(C)C)c(=O)[nH]1. The minimum absolute atomic E-state index is 0.0985. The molecule has 5 nitrogen and oxygen atoms in total. The molecule has 1 heterocycles. The fraction of sp³-hybridized carbons (Fsp3) is 0.625. The number of aromatic nitrogens is 1. The number of nitrogens with one attached hydrogen (secondary N) is 2. The van der Waals surface area contributed by atoms with Crippen LogP contribution in [0.25, 0.3) is 0 Å². The zero-order valence-electron chi connectivity index (χ0n) is 13.7. The van der Waals surface area contributed by atoms with E-state index < -0.39 is 17.4 Å². The van der Waals surface area contributed by atoms with Gasteiger partial charge < -0.3 is 15.4 Å². The molecular formula is C16H26N2O3. The van der Waals surface area contributed by atoms with E-state index >= 15 is 0 Å². The number of hydrogen-bond acceptors (Lipinski definition) is 3. The Labute approximate surface area is 125 Å². The average Bonchev–Trinajstić information content (AvgIpc) is 2.34. The summed E-state index contributed by atoms with van der Waals surface area (Å²) in [5.74, 6) is -0.306. The lowest BCUT2D eigenvalue weighted by molar-refractivity contribution is 0.0138. The Morgan fingerprint density at radius 2 is 1.95 bits per heavy atom. The van der Waals surface area contributed by atoms with Gasteiger partial charge in [0.05, 0.1) is 6.10 Å². The number of rotatable bonds is 5. The molecule has 0 aliphatic carbocycles. The lowest BCUT2D eigenvalue weighted by atomic mass is 9.80. The largest absolute Gasteiger partial charge is 0.392 e. The maximum atomic E-state index is 12.2. The summed E-state index contributed by atoms with van der Waals surface area (Å²) in [5.41, 5.74) is 0.665. The first-order chi connectivity index (χ1) is 9.56. The second kappa shape index (κ2) is 6.43. The summed E-state index contributed by atoms with van der Waals surface area (Å²) >= 11 is 0. The molecule has 0 saturated carbocycles. The van der Waals surface area contributed by atoms with Gasteiger partial charge in [-0.1, -0.05) is 27.7 Å². The molecule has 0 fully saturated rings. The third-order valence-electron chi connectivity index (χ3n) is 3.73. The molecule has 1 aromatic heterocycles. The number of aryl methyl sites for hydroxylation is 2. The molecule has 0 radical (unpaired) electrons. The molecule has 1 aromatic rings. The predicted molar refractivity (Wildman–Crippen MR) is 83.5 cm³/mol. The van der Waals surface area contributed by atoms with Crippen LogP contribution in [-0.2, 0) is 0 Å². The molecule has 0 bridgehead atoms. The molecule has 1 atom stereocenters. The molecule has 1 rings (SSSR count). The van der Waals surface area contributed by atoms with Crippen molar-refractivity contribution in [2.24, 2.45) is 11.3 Å². The van der Waals surface area contributed by atoms with Gasteiger partial charge in [-0.15, -0.1) is 0 Å². The van der Waals surface area contributed by atoms with Crippen molar-refractivity contribution >= 4 is 5.91 Å². The van der Waals surface area contributed by atoms with Crippen LogP contribution in [0.2, 0.25) is 0 Å². The fourth-order valence-corrected chi connectivity index (χ4v) is 2.54. The number of carbonyl (C=O) groups excluding carboxylic acids is 1. The molecule has 1 amide bonds. The number of amides is 1. The molecule has 1 unspecified atom stereocenters. The zero-order chi connectivity index (χ0) is 16.4. The Hall–Kier alpha value is -1.62. The van der Waals surface area contributed by atoms with Crippen LogP contribution in [0.5, 0.6) is 0 Å². The second-order valence-corrected chi connectivity index (χ2v) is 6.70. The number of carbonyl (C=O) groups is 1. The van der Waals surface area contributed by atoms with Gasteiger partial charge in [-0.05, 0) is 31.4 Å². The third kappa shape index (κ3) is 4.17. The summed E-state index contributed by atoms with van der Waals surface area (Å²) in [5, 5.41) is 12.9. The monoisotopic (exact) mass is 294 g/mol. The van der Waals surface area contributed by atoms with Crippen molar-refractivity contribution in [1.82, 2.24) is 10.3 Å². The minimum Gasteiger partial charge on any atom is -0.392 e. The summed E-state index contributed by atoms with van der Waals surface area (Å²) in [6, 6.07) is 1.77. The van der Waals surface area contributed by atoms with E-state index in [0.29, 0.717) is 12.1 Å². The molecule has 0 saturated heterocycles. The third-order valence-corrected chi connectivity index (χ3v) is 3.73. The predicted octanol–water partition coefficient (Wildman–Crippen LogP) is 1.76. The Bertz CT molecular complexity index is 573. The van der Waals surface area contributed by atoms with Crippen LogP contribution in [0, 0.1) is 25.2 Å². The standard InChI is InChI=1S/C16H26N2O3/c1-9(2)13(19)16(5,6)8-17-14(20)12-10(3)7-11(4)18-15(12)21/h7,9,13,19H,8H2,1-6H3,(H,17,20)(H,18,21). The van der Waals surface area contributed by atoms with Gasteiger partial charge in [0, 0.05) is 17.7 Å². The highest BCUT2D eigenvalue weighted by molar-refractivity contribution is 5.95. The lowest BCUT2D eigenvalue weighted by Crippen LogP contribution is -2.44. The maximum Gasteiger partial charge on any atom is 0.261 e. The molecule has 0 aromatic carbocycles. The summed E-state index contributed by atoms with van der Waals surface area (Å²) in [6.45, 7) is 11.5. The van der Waals surface area contributed by atoms with Crippen molar-refractivity contribution in [2.45, 2.75) is 47.6 Å². The number of aliphatic hydroxyl groups excluding tert-OH is 1. The molecule has 118 valence electrons. The molecule has 0 aliphatic heterocycles. The van der Waals surface area contributed by atoms with Crippen LogP contribution in [0.1, 0.15) is 49.3 Å². The minimum atomic E-state index is -0.532. The van der Waals surface area contributed by atoms with Gasteiger partial charge in [-0.2, -0.15) is 0 Å². The van der Waals surface area contributed by atoms with Crippen LogP contribution < -0.4 is 10.9 Å². The molecule has 0 aliphatic rings. The van der Waals surface area contributed by atoms with Gasteiger partial charge in [-0.25, -0.2) is 0 Å². The van der Waals surface area contributed by atoms with E-state index in [1.165, 1.54) is 0 Å². The van der Waals surface area contributed by atoms with Gasteiger partial charge in [0.1, 0.15) is 5.56 Å². The molecule has 21 heavy (non-hydrogen) atoms. The number of hydrogen-bond donors (Lipinski definition) is 3. The summed E-state index contributed by atoms with van der Waals surface area (Å²) in [7, 11) is 0. The van der Waals surface area contributed by atoms with E-state index in [1.54, 1.807) is 19.9 Å². The Balaban J connectivity index is 2.87. The molecular weight excluding hydrogens is 268 g/mol. The highest BCUT2D eigenvalue weighted by Gasteiger charge is 2.31. The van der Waals surface area contributed by atoms with E-state index in [4.69, 9.17) is 0 Å². The van der Waals surface area contributed by atoms with Gasteiger partial charge >= 0.3 is 0 Å². The highest BCUT2D eigenvalue weighted by atomic mass is 16.3. The van der Waals surface area contributed by atoms with Crippen LogP contribution >= 0.6 is 0 Å². The topological polar surface area (TPSA) is 82.2 Å². The Kier molecular flexibility index (Phi) is 5.34. The highest BCUT2D eigenvalue weighted by Crippen LogP contribution is 2.25. The molecule has 0 spiro atoms. The first-order valence-corrected chi connectivity index (χ1v) is 7.23. The van der Waals surface area contributed by atoms with Gasteiger partial charge in [0.15, 0.2) is 0 Å². The first kappa shape index (κ1) is 17.4. The van der Waals surface area contributed by atoms with E-state index in [-0.39, 0.29) is 17.0 Å². The van der Waals surface area contributed by atoms with Gasteiger partial charge in [0.2, 0.25) is 0 Å². The van der Waals surface area contributed by atoms with Crippen molar-refractivity contribution in [1.29, 1.82) is 0 Å². The van der Waals surface area contributed by atoms with Crippen LogP contribution in [0.4, 0.5) is 0 Å². The average molecular weight is 294 g/mol. The smallest absolute Gasteiger partial charge is 0.261 e. The molecule has 3 N–H and O–H groups in total. The number of pyridine rings is 1. The first-order valence-electron chi connectivity index (χ1n) is 7.23. The van der Waals surface area contributed by atoms with Gasteiger partial charge in [-0.3, -0.25) is 9.59 Å². The lowest BCUT2D eigenvalue weighted by Gasteiger charge is -2.33. The van der Waals surface area contributed by atoms with Crippen molar-refractivity contribution in [2.75, 3.05) is 6.54 Å². The maximum absolute atomic E-state index is 12.2.